The van der Waals surface area contributed by atoms with Gasteiger partial charge in [0.05, 0.1) is 26.2 Å². The van der Waals surface area contributed by atoms with Crippen molar-refractivity contribution in [3.05, 3.63) is 81.1 Å². The Balaban J connectivity index is 2.42. The lowest BCUT2D eigenvalue weighted by molar-refractivity contribution is -0.482. The second-order valence-electron chi connectivity index (χ2n) is 4.61. The quantitative estimate of drug-likeness (QED) is 0.653. The monoisotopic (exact) mass is 332 g/mol. The second-order valence-corrected chi connectivity index (χ2v) is 5.42. The molecule has 0 radical (unpaired) electrons. The summed E-state index contributed by atoms with van der Waals surface area (Å²) in [7, 11) is 0. The van der Waals surface area contributed by atoms with Crippen LogP contribution < -0.4 is 4.43 Å². The molecule has 0 fully saturated rings. The van der Waals surface area contributed by atoms with E-state index in [2.05, 4.69) is 0 Å². The molecule has 0 unspecified atom stereocenters. The molecule has 6 heteroatoms. The zero-order valence-corrected chi connectivity index (χ0v) is 12.8. The number of benzene rings is 2. The molecule has 0 aliphatic heterocycles. The number of hydrogen-bond donors (Lipinski definition) is 0. The summed E-state index contributed by atoms with van der Waals surface area (Å²) in [6.07, 6.45) is 2.29. The first kappa shape index (κ1) is 14.6. The van der Waals surface area contributed by atoms with Crippen LogP contribution in [0.1, 0.15) is 0 Å². The fourth-order valence-electron chi connectivity index (χ4n) is 2.28. The van der Waals surface area contributed by atoms with Crippen molar-refractivity contribution in [3.8, 4) is 22.5 Å². The van der Waals surface area contributed by atoms with Gasteiger partial charge in [0.15, 0.2) is 0 Å². The molecule has 110 valence electrons. The van der Waals surface area contributed by atoms with Crippen molar-refractivity contribution in [1.29, 1.82) is 0 Å². The van der Waals surface area contributed by atoms with E-state index >= 15 is 0 Å². The zero-order valence-electron chi connectivity index (χ0n) is 11.2. The highest BCUT2D eigenvalue weighted by Crippen LogP contribution is 2.35. The lowest BCUT2D eigenvalue weighted by atomic mass is 10.0. The van der Waals surface area contributed by atoms with Crippen molar-refractivity contribution >= 4 is 23.2 Å². The van der Waals surface area contributed by atoms with E-state index in [1.165, 1.54) is 0 Å². The van der Waals surface area contributed by atoms with E-state index in [0.717, 1.165) is 12.4 Å². The number of rotatable bonds is 2. The van der Waals surface area contributed by atoms with Gasteiger partial charge in [-0.05, 0) is 18.2 Å². The molecule has 0 spiro atoms. The van der Waals surface area contributed by atoms with Crippen molar-refractivity contribution in [2.24, 2.45) is 0 Å². The molecule has 0 saturated carbocycles. The first-order chi connectivity index (χ1) is 10.6. The minimum Gasteiger partial charge on any atom is -0.805 e. The average molecular weight is 333 g/mol. The maximum atomic E-state index is 12.3. The summed E-state index contributed by atoms with van der Waals surface area (Å²) >= 11 is 12.4. The Morgan fingerprint density at radius 2 is 1.45 bits per heavy atom. The summed E-state index contributed by atoms with van der Waals surface area (Å²) in [5, 5.41) is 13.1. The molecule has 0 aliphatic rings. The van der Waals surface area contributed by atoms with E-state index in [-0.39, 0.29) is 11.4 Å². The van der Waals surface area contributed by atoms with Crippen molar-refractivity contribution in [1.82, 2.24) is 4.73 Å². The molecular formula is C16H10Cl2N2O2. The van der Waals surface area contributed by atoms with Crippen LogP contribution in [0.25, 0.3) is 22.5 Å². The average Bonchev–Trinajstić information content (AvgIpc) is 2.51. The largest absolute Gasteiger partial charge is 0.805 e. The van der Waals surface area contributed by atoms with Gasteiger partial charge < -0.3 is 9.94 Å². The maximum Gasteiger partial charge on any atom is 0.295 e. The Bertz CT molecular complexity index is 907. The van der Waals surface area contributed by atoms with E-state index in [4.69, 9.17) is 23.2 Å². The highest BCUT2D eigenvalue weighted by Gasteiger charge is 2.24. The number of nitrogens with zero attached hydrogens (tertiary/aromatic N) is 2. The molecule has 0 N–H and O–H groups in total. The van der Waals surface area contributed by atoms with Gasteiger partial charge in [-0.3, -0.25) is 0 Å². The van der Waals surface area contributed by atoms with E-state index in [1.54, 1.807) is 48.5 Å². The van der Waals surface area contributed by atoms with Gasteiger partial charge in [0.25, 0.3) is 5.69 Å². The number of hydrogen-bond acceptors (Lipinski definition) is 2. The minimum atomic E-state index is 0.163. The van der Waals surface area contributed by atoms with Crippen molar-refractivity contribution < 1.29 is 4.43 Å². The summed E-state index contributed by atoms with van der Waals surface area (Å²) in [4.78, 5) is 12.3. The Morgan fingerprint density at radius 1 is 0.909 bits per heavy atom. The van der Waals surface area contributed by atoms with Crippen LogP contribution in [0.3, 0.4) is 0 Å². The third kappa shape index (κ3) is 2.47. The van der Waals surface area contributed by atoms with E-state index in [0.29, 0.717) is 30.3 Å². The molecule has 0 aliphatic carbocycles. The highest BCUT2D eigenvalue weighted by molar-refractivity contribution is 6.34. The van der Waals surface area contributed by atoms with Gasteiger partial charge in [0, 0.05) is 10.5 Å². The van der Waals surface area contributed by atoms with Crippen LogP contribution in [0.5, 0.6) is 0 Å². The molecule has 3 rings (SSSR count). The molecular weight excluding hydrogens is 323 g/mol. The van der Waals surface area contributed by atoms with Crippen LogP contribution >= 0.6 is 23.2 Å². The molecule has 0 bridgehead atoms. The molecule has 1 heterocycles. The topological polar surface area (TPSA) is 51.0 Å². The lowest BCUT2D eigenvalue weighted by Crippen LogP contribution is -2.21. The van der Waals surface area contributed by atoms with Crippen LogP contribution in [0, 0.1) is 10.1 Å². The number of aromatic nitrogens is 2. The fourth-order valence-corrected chi connectivity index (χ4v) is 2.73. The van der Waals surface area contributed by atoms with Crippen LogP contribution in [0.2, 0.25) is 10.0 Å². The van der Waals surface area contributed by atoms with Gasteiger partial charge in [-0.25, -0.2) is 0 Å². The van der Waals surface area contributed by atoms with Crippen LogP contribution in [-0.2, 0) is 0 Å². The van der Waals surface area contributed by atoms with Gasteiger partial charge in [0.2, 0.25) is 6.20 Å². The smallest absolute Gasteiger partial charge is 0.295 e. The van der Waals surface area contributed by atoms with E-state index < -0.39 is 0 Å². The number of halogens is 2. The van der Waals surface area contributed by atoms with Crippen molar-refractivity contribution in [2.75, 3.05) is 0 Å². The lowest BCUT2D eigenvalue weighted by Gasteiger charge is -2.17. The van der Waals surface area contributed by atoms with Crippen LogP contribution in [0.15, 0.2) is 60.9 Å². The standard InChI is InChI=1S/C16H10Cl2N2O2/c17-13-7-3-1-5-11(13)15-16(20(22)10-9-19(15)21)12-6-2-4-8-14(12)18/h1-10H. The van der Waals surface area contributed by atoms with Gasteiger partial charge in [-0.15, -0.1) is 0 Å². The van der Waals surface area contributed by atoms with E-state index in [9.17, 15) is 10.1 Å². The normalized spacial score (nSPS) is 10.6. The summed E-state index contributed by atoms with van der Waals surface area (Å²) in [5.74, 6) is 0. The fraction of sp³-hybridized carbons (Fsp3) is 0. The third-order valence-electron chi connectivity index (χ3n) is 3.26. The van der Waals surface area contributed by atoms with Gasteiger partial charge in [-0.1, -0.05) is 53.5 Å². The van der Waals surface area contributed by atoms with Crippen LogP contribution in [-0.4, -0.2) is 4.73 Å². The summed E-state index contributed by atoms with van der Waals surface area (Å²) < 4.78 is 1.24. The minimum absolute atomic E-state index is 0.163. The molecule has 0 atom stereocenters. The maximum absolute atomic E-state index is 12.3. The molecule has 4 nitrogen and oxygen atoms in total. The molecule has 22 heavy (non-hydrogen) atoms. The summed E-state index contributed by atoms with van der Waals surface area (Å²) in [6.45, 7) is 0. The predicted octanol–water partition coefficient (Wildman–Crippen LogP) is 4.39. The van der Waals surface area contributed by atoms with Gasteiger partial charge >= 0.3 is 0 Å². The summed E-state index contributed by atoms with van der Waals surface area (Å²) in [5.41, 5.74) is 1.27. The third-order valence-corrected chi connectivity index (χ3v) is 3.92. The van der Waals surface area contributed by atoms with Gasteiger partial charge in [0.1, 0.15) is 5.69 Å². The highest BCUT2D eigenvalue weighted by atomic mass is 35.5. The second kappa shape index (κ2) is 5.83. The van der Waals surface area contributed by atoms with Crippen LogP contribution in [0.4, 0.5) is 0 Å². The summed E-state index contributed by atoms with van der Waals surface area (Å²) in [6, 6.07) is 13.7. The first-order valence-electron chi connectivity index (χ1n) is 6.44. The Hall–Kier alpha value is -2.30. The Morgan fingerprint density at radius 3 is 2.05 bits per heavy atom. The predicted molar refractivity (Wildman–Crippen MR) is 87.5 cm³/mol. The molecule has 3 aromatic rings. The first-order valence-corrected chi connectivity index (χ1v) is 7.20. The van der Waals surface area contributed by atoms with Crippen molar-refractivity contribution in [2.45, 2.75) is 0 Å². The van der Waals surface area contributed by atoms with E-state index in [1.807, 2.05) is 0 Å². The molecule has 1 aromatic heterocycles. The van der Waals surface area contributed by atoms with Crippen molar-refractivity contribution in [3.63, 3.8) is 0 Å². The molecule has 0 saturated heterocycles. The zero-order chi connectivity index (χ0) is 15.7. The van der Waals surface area contributed by atoms with Gasteiger partial charge in [-0.2, -0.15) is 0 Å². The Labute approximate surface area is 136 Å². The SMILES string of the molecule is O=[n+]1ccn([O-])c(-c2ccccc2Cl)c1-c1ccccc1Cl. The Kier molecular flexibility index (Phi) is 3.88. The molecule has 2 aromatic carbocycles. The molecule has 0 amide bonds.